The number of amides is 1. The zero-order valence-corrected chi connectivity index (χ0v) is 19.4. The third-order valence-corrected chi connectivity index (χ3v) is 5.61. The monoisotopic (exact) mass is 470 g/mol. The third kappa shape index (κ3) is 3.85. The van der Waals surface area contributed by atoms with Gasteiger partial charge in [0.1, 0.15) is 22.6 Å². The van der Waals surface area contributed by atoms with E-state index >= 15 is 0 Å². The van der Waals surface area contributed by atoms with E-state index in [0.717, 1.165) is 10.9 Å². The first-order chi connectivity index (χ1) is 15.3. The zero-order valence-electron chi connectivity index (χ0n) is 17.9. The lowest BCUT2D eigenvalue weighted by molar-refractivity contribution is 0.102. The van der Waals surface area contributed by atoms with Crippen LogP contribution in [-0.2, 0) is 0 Å². The van der Waals surface area contributed by atoms with Crippen LogP contribution in [0.4, 0.5) is 5.82 Å². The predicted octanol–water partition coefficient (Wildman–Crippen LogP) is 5.61. The smallest absolute Gasteiger partial charge is 0.262 e. The van der Waals surface area contributed by atoms with Crippen molar-refractivity contribution in [3.63, 3.8) is 0 Å². The summed E-state index contributed by atoms with van der Waals surface area (Å²) in [5.74, 6) is 1.32. The Morgan fingerprint density at radius 1 is 1.03 bits per heavy atom. The van der Waals surface area contributed by atoms with Crippen molar-refractivity contribution in [1.82, 2.24) is 14.8 Å². The molecule has 0 radical (unpaired) electrons. The van der Waals surface area contributed by atoms with Gasteiger partial charge in [-0.2, -0.15) is 9.78 Å². The number of ether oxygens (including phenoxy) is 2. The molecule has 164 valence electrons. The maximum atomic E-state index is 13.1. The highest BCUT2D eigenvalue weighted by molar-refractivity contribution is 6.37. The van der Waals surface area contributed by atoms with Gasteiger partial charge in [-0.05, 0) is 43.7 Å². The summed E-state index contributed by atoms with van der Waals surface area (Å²) >= 11 is 12.5. The first-order valence-corrected chi connectivity index (χ1v) is 10.4. The molecule has 0 atom stereocenters. The standard InChI is InChI=1S/C23H20Cl2N4O3/c1-12-10-18(26-21-14(12)6-5-7-17(21)31-3)29-19(11-13(2)28-29)27-23(30)20-15(24)8-9-16(25)22(20)32-4/h5-11H,1-4H3,(H,27,30). The van der Waals surface area contributed by atoms with Crippen LogP contribution in [0.1, 0.15) is 21.6 Å². The number of pyridine rings is 1. The molecule has 0 spiro atoms. The van der Waals surface area contributed by atoms with E-state index in [-0.39, 0.29) is 21.4 Å². The lowest BCUT2D eigenvalue weighted by Crippen LogP contribution is -2.17. The number of anilines is 1. The number of halogens is 2. The van der Waals surface area contributed by atoms with Crippen molar-refractivity contribution < 1.29 is 14.3 Å². The van der Waals surface area contributed by atoms with Crippen molar-refractivity contribution in [1.29, 1.82) is 0 Å². The number of rotatable bonds is 5. The van der Waals surface area contributed by atoms with Gasteiger partial charge < -0.3 is 14.8 Å². The van der Waals surface area contributed by atoms with E-state index in [2.05, 4.69) is 10.4 Å². The molecule has 0 saturated heterocycles. The highest BCUT2D eigenvalue weighted by Crippen LogP contribution is 2.35. The maximum absolute atomic E-state index is 13.1. The summed E-state index contributed by atoms with van der Waals surface area (Å²) in [6, 6.07) is 12.5. The number of aromatic nitrogens is 3. The van der Waals surface area contributed by atoms with E-state index in [9.17, 15) is 4.79 Å². The number of nitrogens with one attached hydrogen (secondary N) is 1. The summed E-state index contributed by atoms with van der Waals surface area (Å²) in [4.78, 5) is 17.9. The van der Waals surface area contributed by atoms with Crippen molar-refractivity contribution in [2.75, 3.05) is 19.5 Å². The topological polar surface area (TPSA) is 78.3 Å². The fraction of sp³-hybridized carbons (Fsp3) is 0.174. The van der Waals surface area contributed by atoms with Crippen molar-refractivity contribution >= 4 is 45.8 Å². The molecule has 2 heterocycles. The molecule has 0 aliphatic carbocycles. The number of nitrogens with zero attached hydrogens (tertiary/aromatic N) is 3. The summed E-state index contributed by atoms with van der Waals surface area (Å²) < 4.78 is 12.3. The van der Waals surface area contributed by atoms with Crippen LogP contribution in [-0.4, -0.2) is 34.9 Å². The van der Waals surface area contributed by atoms with Crippen LogP contribution in [0.15, 0.2) is 42.5 Å². The molecule has 32 heavy (non-hydrogen) atoms. The van der Waals surface area contributed by atoms with Gasteiger partial charge in [-0.1, -0.05) is 35.3 Å². The molecule has 4 rings (SSSR count). The third-order valence-electron chi connectivity index (χ3n) is 5.00. The molecule has 0 unspecified atom stereocenters. The Balaban J connectivity index is 1.80. The number of methoxy groups -OCH3 is 2. The van der Waals surface area contributed by atoms with Crippen LogP contribution in [0.5, 0.6) is 11.5 Å². The molecular weight excluding hydrogens is 451 g/mol. The maximum Gasteiger partial charge on any atom is 0.262 e. The Bertz CT molecular complexity index is 1350. The number of benzene rings is 2. The molecule has 9 heteroatoms. The summed E-state index contributed by atoms with van der Waals surface area (Å²) in [6.45, 7) is 3.81. The van der Waals surface area contributed by atoms with Crippen LogP contribution in [0.25, 0.3) is 16.7 Å². The predicted molar refractivity (Wildman–Crippen MR) is 126 cm³/mol. The normalized spacial score (nSPS) is 10.9. The number of fused-ring (bicyclic) bond motifs is 1. The summed E-state index contributed by atoms with van der Waals surface area (Å²) in [7, 11) is 3.03. The molecular formula is C23H20Cl2N4O3. The minimum atomic E-state index is -0.481. The van der Waals surface area contributed by atoms with Gasteiger partial charge in [-0.3, -0.25) is 4.79 Å². The molecule has 0 bridgehead atoms. The lowest BCUT2D eigenvalue weighted by atomic mass is 10.1. The molecule has 2 aromatic carbocycles. The number of aryl methyl sites for hydroxylation is 2. The second kappa shape index (κ2) is 8.68. The Morgan fingerprint density at radius 3 is 2.50 bits per heavy atom. The number of carbonyl (C=O) groups is 1. The van der Waals surface area contributed by atoms with E-state index in [1.165, 1.54) is 7.11 Å². The Morgan fingerprint density at radius 2 is 1.78 bits per heavy atom. The van der Waals surface area contributed by atoms with E-state index in [4.69, 9.17) is 37.7 Å². The van der Waals surface area contributed by atoms with Crippen LogP contribution in [0, 0.1) is 13.8 Å². The molecule has 4 aromatic rings. The zero-order chi connectivity index (χ0) is 23.0. The van der Waals surface area contributed by atoms with Crippen molar-refractivity contribution in [2.24, 2.45) is 0 Å². The first kappa shape index (κ1) is 21.9. The minimum Gasteiger partial charge on any atom is -0.494 e. The summed E-state index contributed by atoms with van der Waals surface area (Å²) in [5.41, 5.74) is 2.53. The van der Waals surface area contributed by atoms with Crippen molar-refractivity contribution in [3.8, 4) is 17.3 Å². The van der Waals surface area contributed by atoms with Gasteiger partial charge >= 0.3 is 0 Å². The summed E-state index contributed by atoms with van der Waals surface area (Å²) in [5, 5.41) is 8.85. The number of carbonyl (C=O) groups excluding carboxylic acids is 1. The quantitative estimate of drug-likeness (QED) is 0.409. The van der Waals surface area contributed by atoms with E-state index in [1.807, 2.05) is 38.1 Å². The van der Waals surface area contributed by atoms with Gasteiger partial charge in [0.15, 0.2) is 11.6 Å². The van der Waals surface area contributed by atoms with Gasteiger partial charge in [0.25, 0.3) is 5.91 Å². The van der Waals surface area contributed by atoms with Gasteiger partial charge in [-0.15, -0.1) is 0 Å². The molecule has 0 fully saturated rings. The molecule has 0 saturated carbocycles. The van der Waals surface area contributed by atoms with Gasteiger partial charge in [0, 0.05) is 11.5 Å². The molecule has 0 aliphatic rings. The van der Waals surface area contributed by atoms with Gasteiger partial charge in [0.2, 0.25) is 0 Å². The average molecular weight is 471 g/mol. The second-order valence-electron chi connectivity index (χ2n) is 7.13. The lowest BCUT2D eigenvalue weighted by Gasteiger charge is -2.14. The van der Waals surface area contributed by atoms with E-state index in [1.54, 1.807) is 30.0 Å². The van der Waals surface area contributed by atoms with Crippen molar-refractivity contribution in [2.45, 2.75) is 13.8 Å². The second-order valence-corrected chi connectivity index (χ2v) is 7.94. The van der Waals surface area contributed by atoms with E-state index in [0.29, 0.717) is 28.6 Å². The van der Waals surface area contributed by atoms with Gasteiger partial charge in [0.05, 0.1) is 30.0 Å². The number of hydrogen-bond acceptors (Lipinski definition) is 5. The minimum absolute atomic E-state index is 0.136. The van der Waals surface area contributed by atoms with Crippen LogP contribution in [0.3, 0.4) is 0 Å². The first-order valence-electron chi connectivity index (χ1n) is 9.68. The largest absolute Gasteiger partial charge is 0.494 e. The molecule has 1 amide bonds. The highest BCUT2D eigenvalue weighted by atomic mass is 35.5. The average Bonchev–Trinajstić information content (AvgIpc) is 3.14. The van der Waals surface area contributed by atoms with Crippen LogP contribution < -0.4 is 14.8 Å². The molecule has 1 N–H and O–H groups in total. The van der Waals surface area contributed by atoms with Crippen LogP contribution in [0.2, 0.25) is 10.0 Å². The van der Waals surface area contributed by atoms with Gasteiger partial charge in [-0.25, -0.2) is 4.98 Å². The molecule has 7 nitrogen and oxygen atoms in total. The number of para-hydroxylation sites is 1. The van der Waals surface area contributed by atoms with Crippen LogP contribution >= 0.6 is 23.2 Å². The molecule has 2 aromatic heterocycles. The molecule has 0 aliphatic heterocycles. The fourth-order valence-corrected chi connectivity index (χ4v) is 4.00. The number of hydrogen-bond donors (Lipinski definition) is 1. The highest BCUT2D eigenvalue weighted by Gasteiger charge is 2.22. The fourth-order valence-electron chi connectivity index (χ4n) is 3.53. The Labute approximate surface area is 194 Å². The summed E-state index contributed by atoms with van der Waals surface area (Å²) in [6.07, 6.45) is 0. The Kier molecular flexibility index (Phi) is 5.95. The van der Waals surface area contributed by atoms with Crippen molar-refractivity contribution in [3.05, 3.63) is 69.3 Å². The Hall–Kier alpha value is -3.29. The van der Waals surface area contributed by atoms with E-state index < -0.39 is 5.91 Å². The SMILES string of the molecule is COc1c(Cl)ccc(Cl)c1C(=O)Nc1cc(C)nn1-c1cc(C)c2cccc(OC)c2n1.